The molecule has 1 aromatic carbocycles. The van der Waals surface area contributed by atoms with Crippen LogP contribution >= 0.6 is 0 Å². The molecule has 0 radical (unpaired) electrons. The Morgan fingerprint density at radius 1 is 1.00 bits per heavy atom. The molecule has 1 aliphatic heterocycles. The SMILES string of the molecule is CC(C)NC(=O)C1CCN(C(=O)c2ccc(NC(=O)C(C)(C)C)cc2)CC1.O=C(O)C(F)(F)F. The maximum atomic E-state index is 12.7. The van der Waals surface area contributed by atoms with Gasteiger partial charge in [-0.1, -0.05) is 20.8 Å². The third-order valence-electron chi connectivity index (χ3n) is 4.90. The average molecular weight is 488 g/mol. The van der Waals surface area contributed by atoms with Crippen molar-refractivity contribution in [3.05, 3.63) is 29.8 Å². The molecule has 1 aliphatic rings. The fraction of sp³-hybridized carbons (Fsp3) is 0.565. The monoisotopic (exact) mass is 487 g/mol. The quantitative estimate of drug-likeness (QED) is 0.599. The Morgan fingerprint density at radius 3 is 1.85 bits per heavy atom. The van der Waals surface area contributed by atoms with Crippen molar-refractivity contribution in [2.24, 2.45) is 11.3 Å². The molecule has 3 amide bonds. The standard InChI is InChI=1S/C21H31N3O3.C2HF3O2/c1-14(2)22-18(25)15-10-12-24(13-11-15)19(26)16-6-8-17(9-7-16)23-20(27)21(3,4)5;3-2(4,5)1(6)7/h6-9,14-15H,10-13H2,1-5H3,(H,22,25)(H,23,27);(H,6,7). The molecule has 0 aliphatic carbocycles. The molecule has 0 spiro atoms. The number of carbonyl (C=O) groups is 4. The number of carboxylic acid groups (broad SMARTS) is 1. The van der Waals surface area contributed by atoms with Crippen LogP contribution < -0.4 is 10.6 Å². The van der Waals surface area contributed by atoms with E-state index < -0.39 is 17.6 Å². The third kappa shape index (κ3) is 9.40. The number of halogens is 3. The number of aliphatic carboxylic acids is 1. The number of likely N-dealkylation sites (tertiary alicyclic amines) is 1. The zero-order valence-corrected chi connectivity index (χ0v) is 20.0. The van der Waals surface area contributed by atoms with E-state index in [2.05, 4.69) is 10.6 Å². The molecule has 11 heteroatoms. The first-order valence-electron chi connectivity index (χ1n) is 10.8. The fourth-order valence-corrected chi connectivity index (χ4v) is 2.94. The van der Waals surface area contributed by atoms with Gasteiger partial charge in [-0.25, -0.2) is 4.79 Å². The van der Waals surface area contributed by atoms with E-state index in [1.54, 1.807) is 29.2 Å². The molecule has 0 bridgehead atoms. The Bertz CT molecular complexity index is 869. The summed E-state index contributed by atoms with van der Waals surface area (Å²) in [5.41, 5.74) is 0.796. The first-order valence-corrected chi connectivity index (χ1v) is 10.8. The lowest BCUT2D eigenvalue weighted by Crippen LogP contribution is -2.44. The van der Waals surface area contributed by atoms with E-state index in [9.17, 15) is 27.6 Å². The number of hydrogen-bond acceptors (Lipinski definition) is 4. The lowest BCUT2D eigenvalue weighted by atomic mass is 9.95. The van der Waals surface area contributed by atoms with Crippen LogP contribution in [-0.4, -0.2) is 59.0 Å². The van der Waals surface area contributed by atoms with E-state index in [0.29, 0.717) is 37.2 Å². The Morgan fingerprint density at radius 2 is 1.47 bits per heavy atom. The molecule has 3 N–H and O–H groups in total. The van der Waals surface area contributed by atoms with Gasteiger partial charge in [0.25, 0.3) is 5.91 Å². The third-order valence-corrected chi connectivity index (χ3v) is 4.90. The highest BCUT2D eigenvalue weighted by Gasteiger charge is 2.38. The summed E-state index contributed by atoms with van der Waals surface area (Å²) in [6, 6.07) is 7.10. The number of rotatable bonds is 4. The van der Waals surface area contributed by atoms with Gasteiger partial charge < -0.3 is 20.6 Å². The molecule has 0 unspecified atom stereocenters. The van der Waals surface area contributed by atoms with Crippen LogP contribution in [0.1, 0.15) is 57.8 Å². The summed E-state index contributed by atoms with van der Waals surface area (Å²) >= 11 is 0. The summed E-state index contributed by atoms with van der Waals surface area (Å²) in [6.45, 7) is 10.6. The predicted molar refractivity (Wildman–Crippen MR) is 120 cm³/mol. The molecule has 8 nitrogen and oxygen atoms in total. The highest BCUT2D eigenvalue weighted by atomic mass is 19.4. The minimum Gasteiger partial charge on any atom is -0.475 e. The second kappa shape index (κ2) is 11.8. The fourth-order valence-electron chi connectivity index (χ4n) is 2.94. The van der Waals surface area contributed by atoms with E-state index in [4.69, 9.17) is 9.90 Å². The van der Waals surface area contributed by atoms with Crippen molar-refractivity contribution in [3.63, 3.8) is 0 Å². The number of benzene rings is 1. The second-order valence-corrected chi connectivity index (χ2v) is 9.31. The maximum absolute atomic E-state index is 12.7. The minimum absolute atomic E-state index is 0.0218. The number of carbonyl (C=O) groups excluding carboxylic acids is 3. The van der Waals surface area contributed by atoms with Gasteiger partial charge in [-0.05, 0) is 51.0 Å². The smallest absolute Gasteiger partial charge is 0.475 e. The minimum atomic E-state index is -5.08. The zero-order valence-electron chi connectivity index (χ0n) is 20.0. The normalized spacial score (nSPS) is 14.7. The maximum Gasteiger partial charge on any atom is 0.490 e. The summed E-state index contributed by atoms with van der Waals surface area (Å²) < 4.78 is 31.7. The molecule has 1 saturated heterocycles. The van der Waals surface area contributed by atoms with Crippen LogP contribution in [0.3, 0.4) is 0 Å². The van der Waals surface area contributed by atoms with Crippen molar-refractivity contribution >= 4 is 29.4 Å². The lowest BCUT2D eigenvalue weighted by molar-refractivity contribution is -0.192. The van der Waals surface area contributed by atoms with E-state index in [1.807, 2.05) is 34.6 Å². The summed E-state index contributed by atoms with van der Waals surface area (Å²) in [5.74, 6) is -2.80. The number of nitrogens with zero attached hydrogens (tertiary/aromatic N) is 1. The van der Waals surface area contributed by atoms with Gasteiger partial charge >= 0.3 is 12.1 Å². The molecule has 34 heavy (non-hydrogen) atoms. The van der Waals surface area contributed by atoms with E-state index in [-0.39, 0.29) is 29.7 Å². The Hall–Kier alpha value is -3.11. The van der Waals surface area contributed by atoms with Crippen molar-refractivity contribution in [2.75, 3.05) is 18.4 Å². The lowest BCUT2D eigenvalue weighted by Gasteiger charge is -2.31. The van der Waals surface area contributed by atoms with Gasteiger partial charge in [-0.2, -0.15) is 13.2 Å². The van der Waals surface area contributed by atoms with Crippen LogP contribution in [-0.2, 0) is 14.4 Å². The van der Waals surface area contributed by atoms with Gasteiger partial charge in [0, 0.05) is 41.7 Å². The summed E-state index contributed by atoms with van der Waals surface area (Å²) in [4.78, 5) is 47.5. The van der Waals surface area contributed by atoms with Crippen LogP contribution in [0.5, 0.6) is 0 Å². The summed E-state index contributed by atoms with van der Waals surface area (Å²) in [6.07, 6.45) is -3.71. The van der Waals surface area contributed by atoms with E-state index in [1.165, 1.54) is 0 Å². The number of carboxylic acids is 1. The van der Waals surface area contributed by atoms with Gasteiger partial charge in [-0.3, -0.25) is 14.4 Å². The number of anilines is 1. The largest absolute Gasteiger partial charge is 0.490 e. The van der Waals surface area contributed by atoms with Crippen molar-refractivity contribution < 1.29 is 37.5 Å². The molecule has 0 aromatic heterocycles. The Balaban J connectivity index is 0.000000718. The van der Waals surface area contributed by atoms with Crippen LogP contribution in [0.2, 0.25) is 0 Å². The van der Waals surface area contributed by atoms with Crippen LogP contribution in [0.4, 0.5) is 18.9 Å². The summed E-state index contributed by atoms with van der Waals surface area (Å²) in [7, 11) is 0. The Kier molecular flexibility index (Phi) is 10.1. The van der Waals surface area contributed by atoms with Crippen LogP contribution in [0.15, 0.2) is 24.3 Å². The van der Waals surface area contributed by atoms with Crippen molar-refractivity contribution in [2.45, 2.75) is 59.7 Å². The first kappa shape index (κ1) is 28.9. The first-order chi connectivity index (χ1) is 15.5. The van der Waals surface area contributed by atoms with Crippen LogP contribution in [0, 0.1) is 11.3 Å². The van der Waals surface area contributed by atoms with Crippen molar-refractivity contribution in [3.8, 4) is 0 Å². The van der Waals surface area contributed by atoms with Gasteiger partial charge in [0.15, 0.2) is 0 Å². The second-order valence-electron chi connectivity index (χ2n) is 9.31. The molecular formula is C23H32F3N3O5. The number of alkyl halides is 3. The van der Waals surface area contributed by atoms with Crippen molar-refractivity contribution in [1.29, 1.82) is 0 Å². The van der Waals surface area contributed by atoms with Crippen LogP contribution in [0.25, 0.3) is 0 Å². The highest BCUT2D eigenvalue weighted by molar-refractivity contribution is 5.97. The number of nitrogens with one attached hydrogen (secondary N) is 2. The molecular weight excluding hydrogens is 455 g/mol. The van der Waals surface area contributed by atoms with Gasteiger partial charge in [0.1, 0.15) is 0 Å². The molecule has 1 aromatic rings. The summed E-state index contributed by atoms with van der Waals surface area (Å²) in [5, 5.41) is 12.9. The molecule has 1 heterocycles. The van der Waals surface area contributed by atoms with Crippen molar-refractivity contribution in [1.82, 2.24) is 10.2 Å². The van der Waals surface area contributed by atoms with E-state index >= 15 is 0 Å². The van der Waals surface area contributed by atoms with E-state index in [0.717, 1.165) is 0 Å². The molecule has 0 atom stereocenters. The predicted octanol–water partition coefficient (Wildman–Crippen LogP) is 3.68. The van der Waals surface area contributed by atoms with Gasteiger partial charge in [-0.15, -0.1) is 0 Å². The topological polar surface area (TPSA) is 116 Å². The zero-order chi connectivity index (χ0) is 26.3. The van der Waals surface area contributed by atoms with Gasteiger partial charge in [0.2, 0.25) is 11.8 Å². The van der Waals surface area contributed by atoms with Gasteiger partial charge in [0.05, 0.1) is 0 Å². The molecule has 0 saturated carbocycles. The molecule has 1 fully saturated rings. The highest BCUT2D eigenvalue weighted by Crippen LogP contribution is 2.21. The number of piperidine rings is 1. The number of hydrogen-bond donors (Lipinski definition) is 3. The Labute approximate surface area is 196 Å². The molecule has 190 valence electrons. The molecule has 2 rings (SSSR count). The number of amides is 3. The average Bonchev–Trinajstić information content (AvgIpc) is 2.72.